The minimum atomic E-state index is -0.425. The van der Waals surface area contributed by atoms with Gasteiger partial charge in [0, 0.05) is 18.4 Å². The van der Waals surface area contributed by atoms with Gasteiger partial charge in [0.15, 0.2) is 5.58 Å². The van der Waals surface area contributed by atoms with Gasteiger partial charge < -0.3 is 14.7 Å². The summed E-state index contributed by atoms with van der Waals surface area (Å²) < 4.78 is 18.9. The van der Waals surface area contributed by atoms with Gasteiger partial charge in [0.1, 0.15) is 23.2 Å². The molecule has 7 heteroatoms. The van der Waals surface area contributed by atoms with Gasteiger partial charge in [0.05, 0.1) is 11.0 Å². The molecule has 2 N–H and O–H groups in total. The average molecular weight is 366 g/mol. The molecule has 0 aliphatic heterocycles. The van der Waals surface area contributed by atoms with Crippen molar-refractivity contribution in [2.24, 2.45) is 5.92 Å². The maximum Gasteiger partial charge on any atom is 0.223 e. The molecule has 2 heterocycles. The minimum Gasteiger partial charge on any atom is -0.438 e. The standard InChI is InChI=1S/C20H19FN4O2/c1-11(9-18-23-14-5-3-4-6-15(14)24-18)19(26)22-12(2)20-25-16-10-13(21)7-8-17(16)27-20/h3-8,10-12H,9H2,1-2H3,(H,22,26)(H,23,24)/t11-,12+/m0/s1. The molecule has 0 bridgehead atoms. The maximum atomic E-state index is 13.3. The first-order valence-corrected chi connectivity index (χ1v) is 8.79. The van der Waals surface area contributed by atoms with Crippen molar-refractivity contribution in [3.63, 3.8) is 0 Å². The molecule has 0 aliphatic carbocycles. The van der Waals surface area contributed by atoms with E-state index in [0.717, 1.165) is 16.9 Å². The van der Waals surface area contributed by atoms with Crippen LogP contribution in [-0.4, -0.2) is 20.9 Å². The van der Waals surface area contributed by atoms with E-state index in [2.05, 4.69) is 20.3 Å². The fourth-order valence-corrected chi connectivity index (χ4v) is 3.01. The first-order valence-electron chi connectivity index (χ1n) is 8.79. The molecule has 2 atom stereocenters. The number of aromatic nitrogens is 3. The highest BCUT2D eigenvalue weighted by atomic mass is 19.1. The van der Waals surface area contributed by atoms with Crippen molar-refractivity contribution in [3.05, 3.63) is 60.0 Å². The minimum absolute atomic E-state index is 0.128. The first kappa shape index (κ1) is 17.2. The molecule has 2 aromatic carbocycles. The van der Waals surface area contributed by atoms with Gasteiger partial charge in [-0.3, -0.25) is 4.79 Å². The SMILES string of the molecule is C[C@@H](Cc1nc2ccccc2[nH]1)C(=O)N[C@H](C)c1nc2cc(F)ccc2o1. The van der Waals surface area contributed by atoms with Gasteiger partial charge in [0.25, 0.3) is 0 Å². The summed E-state index contributed by atoms with van der Waals surface area (Å²) in [5.41, 5.74) is 2.75. The highest BCUT2D eigenvalue weighted by molar-refractivity contribution is 5.79. The lowest BCUT2D eigenvalue weighted by Crippen LogP contribution is -2.32. The van der Waals surface area contributed by atoms with E-state index in [-0.39, 0.29) is 17.6 Å². The number of imidazole rings is 1. The van der Waals surface area contributed by atoms with E-state index in [1.807, 2.05) is 31.2 Å². The van der Waals surface area contributed by atoms with Crippen molar-refractivity contribution in [2.45, 2.75) is 26.3 Å². The normalized spacial score (nSPS) is 13.7. The Labute approximate surface area is 154 Å². The van der Waals surface area contributed by atoms with Crippen LogP contribution >= 0.6 is 0 Å². The van der Waals surface area contributed by atoms with Gasteiger partial charge in [-0.25, -0.2) is 14.4 Å². The largest absolute Gasteiger partial charge is 0.438 e. The summed E-state index contributed by atoms with van der Waals surface area (Å²) in [4.78, 5) is 24.5. The molecule has 0 radical (unpaired) electrons. The lowest BCUT2D eigenvalue weighted by Gasteiger charge is -2.14. The van der Waals surface area contributed by atoms with E-state index in [9.17, 15) is 9.18 Å². The summed E-state index contributed by atoms with van der Waals surface area (Å²) >= 11 is 0. The molecule has 27 heavy (non-hydrogen) atoms. The van der Waals surface area contributed by atoms with Crippen LogP contribution in [0.1, 0.15) is 31.6 Å². The van der Waals surface area contributed by atoms with Crippen molar-refractivity contribution in [1.82, 2.24) is 20.3 Å². The fraction of sp³-hybridized carbons (Fsp3) is 0.250. The van der Waals surface area contributed by atoms with E-state index in [1.54, 1.807) is 6.92 Å². The lowest BCUT2D eigenvalue weighted by molar-refractivity contribution is -0.125. The number of halogens is 1. The number of hydrogen-bond acceptors (Lipinski definition) is 4. The number of aromatic amines is 1. The Morgan fingerprint density at radius 3 is 2.81 bits per heavy atom. The van der Waals surface area contributed by atoms with E-state index in [0.29, 0.717) is 23.4 Å². The first-order chi connectivity index (χ1) is 13.0. The number of H-pyrrole nitrogens is 1. The molecule has 0 spiro atoms. The van der Waals surface area contributed by atoms with E-state index >= 15 is 0 Å². The number of carbonyl (C=O) groups is 1. The van der Waals surface area contributed by atoms with Crippen LogP contribution in [0.2, 0.25) is 0 Å². The molecule has 6 nitrogen and oxygen atoms in total. The number of benzene rings is 2. The third-order valence-corrected chi connectivity index (χ3v) is 4.48. The molecule has 2 aromatic heterocycles. The predicted molar refractivity (Wildman–Crippen MR) is 99.5 cm³/mol. The summed E-state index contributed by atoms with van der Waals surface area (Å²) in [6, 6.07) is 11.5. The fourth-order valence-electron chi connectivity index (χ4n) is 3.01. The van der Waals surface area contributed by atoms with Crippen LogP contribution in [0.15, 0.2) is 46.9 Å². The number of oxazole rings is 1. The number of rotatable bonds is 5. The highest BCUT2D eigenvalue weighted by Crippen LogP contribution is 2.21. The van der Waals surface area contributed by atoms with Gasteiger partial charge in [-0.2, -0.15) is 0 Å². The number of carbonyl (C=O) groups excluding carboxylic acids is 1. The smallest absolute Gasteiger partial charge is 0.223 e. The Morgan fingerprint density at radius 1 is 1.19 bits per heavy atom. The zero-order valence-electron chi connectivity index (χ0n) is 15.0. The van der Waals surface area contributed by atoms with Gasteiger partial charge in [-0.15, -0.1) is 0 Å². The van der Waals surface area contributed by atoms with Gasteiger partial charge in [-0.1, -0.05) is 19.1 Å². The summed E-state index contributed by atoms with van der Waals surface area (Å²) in [6.45, 7) is 3.63. The Bertz CT molecular complexity index is 1080. The molecular weight excluding hydrogens is 347 g/mol. The number of hydrogen-bond donors (Lipinski definition) is 2. The third-order valence-electron chi connectivity index (χ3n) is 4.48. The van der Waals surface area contributed by atoms with Crippen molar-refractivity contribution >= 4 is 28.0 Å². The van der Waals surface area contributed by atoms with E-state index in [4.69, 9.17) is 4.42 Å². The van der Waals surface area contributed by atoms with Crippen LogP contribution in [0.4, 0.5) is 4.39 Å². The monoisotopic (exact) mass is 366 g/mol. The molecular formula is C20H19FN4O2. The van der Waals surface area contributed by atoms with Gasteiger partial charge >= 0.3 is 0 Å². The molecule has 0 unspecified atom stereocenters. The summed E-state index contributed by atoms with van der Waals surface area (Å²) in [6.07, 6.45) is 0.492. The summed E-state index contributed by atoms with van der Waals surface area (Å²) in [7, 11) is 0. The number of fused-ring (bicyclic) bond motifs is 2. The van der Waals surface area contributed by atoms with Crippen LogP contribution in [0.3, 0.4) is 0 Å². The van der Waals surface area contributed by atoms with Crippen LogP contribution < -0.4 is 5.32 Å². The number of nitrogens with one attached hydrogen (secondary N) is 2. The molecule has 4 rings (SSSR count). The molecule has 138 valence electrons. The topological polar surface area (TPSA) is 83.8 Å². The zero-order valence-corrected chi connectivity index (χ0v) is 15.0. The van der Waals surface area contributed by atoms with E-state index in [1.165, 1.54) is 18.2 Å². The third kappa shape index (κ3) is 3.53. The van der Waals surface area contributed by atoms with Crippen LogP contribution in [0.5, 0.6) is 0 Å². The summed E-state index contributed by atoms with van der Waals surface area (Å²) in [5, 5.41) is 2.89. The molecule has 0 aliphatic rings. The van der Waals surface area contributed by atoms with E-state index < -0.39 is 6.04 Å². The Hall–Kier alpha value is -3.22. The lowest BCUT2D eigenvalue weighted by atomic mass is 10.1. The van der Waals surface area contributed by atoms with Crippen LogP contribution in [0.25, 0.3) is 22.1 Å². The van der Waals surface area contributed by atoms with Crippen molar-refractivity contribution in [1.29, 1.82) is 0 Å². The quantitative estimate of drug-likeness (QED) is 0.561. The second-order valence-corrected chi connectivity index (χ2v) is 6.70. The molecule has 1 amide bonds. The van der Waals surface area contributed by atoms with Crippen LogP contribution in [0, 0.1) is 11.7 Å². The Balaban J connectivity index is 1.43. The average Bonchev–Trinajstić information content (AvgIpc) is 3.24. The second-order valence-electron chi connectivity index (χ2n) is 6.70. The zero-order chi connectivity index (χ0) is 19.0. The molecule has 0 fully saturated rings. The number of para-hydroxylation sites is 2. The Kier molecular flexibility index (Phi) is 4.35. The maximum absolute atomic E-state index is 13.3. The molecule has 0 saturated carbocycles. The van der Waals surface area contributed by atoms with Gasteiger partial charge in [0.2, 0.25) is 11.8 Å². The highest BCUT2D eigenvalue weighted by Gasteiger charge is 2.21. The molecule has 0 saturated heterocycles. The summed E-state index contributed by atoms with van der Waals surface area (Å²) in [5.74, 6) is 0.327. The predicted octanol–water partition coefficient (Wildman–Crippen LogP) is 3.90. The molecule has 4 aromatic rings. The van der Waals surface area contributed by atoms with Crippen molar-refractivity contribution < 1.29 is 13.6 Å². The van der Waals surface area contributed by atoms with Gasteiger partial charge in [-0.05, 0) is 31.2 Å². The number of nitrogens with zero attached hydrogens (tertiary/aromatic N) is 2. The van der Waals surface area contributed by atoms with Crippen LogP contribution in [-0.2, 0) is 11.2 Å². The van der Waals surface area contributed by atoms with Crippen molar-refractivity contribution in [3.8, 4) is 0 Å². The number of amides is 1. The second kappa shape index (κ2) is 6.83. The van der Waals surface area contributed by atoms with Crippen molar-refractivity contribution in [2.75, 3.05) is 0 Å². The Morgan fingerprint density at radius 2 is 2.00 bits per heavy atom.